The number of amides is 1. The summed E-state index contributed by atoms with van der Waals surface area (Å²) in [5.74, 6) is 1.82. The van der Waals surface area contributed by atoms with Gasteiger partial charge in [-0.15, -0.1) is 12.4 Å². The first-order valence-electron chi connectivity index (χ1n) is 7.46. The van der Waals surface area contributed by atoms with Crippen LogP contribution in [0.25, 0.3) is 0 Å². The SMILES string of the molecule is Cl.O=C(Cc1ccccc1Br)N1CC[C@@H]2CNC[C@@H]2CC1. The number of nitrogens with one attached hydrogen (secondary N) is 1. The van der Waals surface area contributed by atoms with Crippen LogP contribution in [0, 0.1) is 11.8 Å². The maximum absolute atomic E-state index is 12.5. The van der Waals surface area contributed by atoms with Crippen molar-refractivity contribution in [1.82, 2.24) is 10.2 Å². The third-order valence-electron chi connectivity index (χ3n) is 4.67. The molecule has 1 aromatic carbocycles. The highest BCUT2D eigenvalue weighted by molar-refractivity contribution is 9.10. The van der Waals surface area contributed by atoms with Crippen molar-refractivity contribution >= 4 is 34.2 Å². The van der Waals surface area contributed by atoms with E-state index in [0.717, 1.165) is 60.9 Å². The maximum Gasteiger partial charge on any atom is 0.227 e. The van der Waals surface area contributed by atoms with E-state index < -0.39 is 0 Å². The molecule has 2 aliphatic heterocycles. The molecule has 0 aromatic heterocycles. The zero-order valence-corrected chi connectivity index (χ0v) is 14.5. The first kappa shape index (κ1) is 16.8. The van der Waals surface area contributed by atoms with Crippen LogP contribution >= 0.6 is 28.3 Å². The molecule has 0 radical (unpaired) electrons. The second-order valence-corrected chi connectivity index (χ2v) is 6.76. The molecule has 0 spiro atoms. The molecular formula is C16H22BrClN2O. The Hall–Kier alpha value is -0.580. The van der Waals surface area contributed by atoms with Gasteiger partial charge in [0.1, 0.15) is 0 Å². The third-order valence-corrected chi connectivity index (χ3v) is 5.45. The van der Waals surface area contributed by atoms with Crippen molar-refractivity contribution in [2.45, 2.75) is 19.3 Å². The number of likely N-dealkylation sites (tertiary alicyclic amines) is 1. The number of hydrogen-bond donors (Lipinski definition) is 1. The number of rotatable bonds is 2. The Morgan fingerprint density at radius 2 is 1.81 bits per heavy atom. The van der Waals surface area contributed by atoms with Crippen LogP contribution in [-0.2, 0) is 11.2 Å². The zero-order valence-electron chi connectivity index (χ0n) is 12.1. The average Bonchev–Trinajstić information content (AvgIpc) is 2.80. The summed E-state index contributed by atoms with van der Waals surface area (Å²) in [5, 5.41) is 3.47. The summed E-state index contributed by atoms with van der Waals surface area (Å²) in [6.07, 6.45) is 2.81. The Bertz CT molecular complexity index is 483. The van der Waals surface area contributed by atoms with E-state index in [2.05, 4.69) is 26.1 Å². The predicted octanol–water partition coefficient (Wildman–Crippen LogP) is 2.87. The van der Waals surface area contributed by atoms with Crippen molar-refractivity contribution in [2.75, 3.05) is 26.2 Å². The molecule has 2 aliphatic rings. The third kappa shape index (κ3) is 3.99. The monoisotopic (exact) mass is 372 g/mol. The summed E-state index contributed by atoms with van der Waals surface area (Å²) in [6.45, 7) is 4.12. The number of nitrogens with zero attached hydrogens (tertiary/aromatic N) is 1. The van der Waals surface area contributed by atoms with Gasteiger partial charge in [0.2, 0.25) is 5.91 Å². The quantitative estimate of drug-likeness (QED) is 0.864. The summed E-state index contributed by atoms with van der Waals surface area (Å²) >= 11 is 3.52. The molecule has 2 saturated heterocycles. The second-order valence-electron chi connectivity index (χ2n) is 5.90. The van der Waals surface area contributed by atoms with E-state index in [0.29, 0.717) is 6.42 Å². The van der Waals surface area contributed by atoms with Crippen LogP contribution in [0.3, 0.4) is 0 Å². The Balaban J connectivity index is 0.00000161. The van der Waals surface area contributed by atoms with E-state index in [4.69, 9.17) is 0 Å². The Labute approximate surface area is 141 Å². The lowest BCUT2D eigenvalue weighted by Crippen LogP contribution is -2.34. The van der Waals surface area contributed by atoms with Crippen LogP contribution in [0.4, 0.5) is 0 Å². The van der Waals surface area contributed by atoms with E-state index in [1.165, 1.54) is 0 Å². The molecule has 116 valence electrons. The molecule has 2 fully saturated rings. The van der Waals surface area contributed by atoms with E-state index in [1.54, 1.807) is 0 Å². The van der Waals surface area contributed by atoms with Crippen LogP contribution in [-0.4, -0.2) is 37.0 Å². The highest BCUT2D eigenvalue weighted by Gasteiger charge is 2.31. The Morgan fingerprint density at radius 1 is 1.19 bits per heavy atom. The molecule has 1 aromatic rings. The van der Waals surface area contributed by atoms with Gasteiger partial charge in [-0.2, -0.15) is 0 Å². The topological polar surface area (TPSA) is 32.3 Å². The van der Waals surface area contributed by atoms with Crippen molar-refractivity contribution in [3.8, 4) is 0 Å². The number of carbonyl (C=O) groups excluding carboxylic acids is 1. The van der Waals surface area contributed by atoms with Crippen molar-refractivity contribution in [3.05, 3.63) is 34.3 Å². The fourth-order valence-corrected chi connectivity index (χ4v) is 3.81. The summed E-state index contributed by atoms with van der Waals surface area (Å²) in [4.78, 5) is 14.5. The molecule has 1 N–H and O–H groups in total. The van der Waals surface area contributed by atoms with E-state index >= 15 is 0 Å². The van der Waals surface area contributed by atoms with Gasteiger partial charge in [-0.05, 0) is 49.4 Å². The lowest BCUT2D eigenvalue weighted by molar-refractivity contribution is -0.130. The molecule has 3 nitrogen and oxygen atoms in total. The van der Waals surface area contributed by atoms with Crippen molar-refractivity contribution in [2.24, 2.45) is 11.8 Å². The molecule has 2 heterocycles. The van der Waals surface area contributed by atoms with Crippen LogP contribution < -0.4 is 5.32 Å². The highest BCUT2D eigenvalue weighted by Crippen LogP contribution is 2.27. The Kier molecular flexibility index (Phi) is 6.08. The minimum Gasteiger partial charge on any atom is -0.342 e. The van der Waals surface area contributed by atoms with Gasteiger partial charge in [-0.25, -0.2) is 0 Å². The minimum atomic E-state index is 0. The van der Waals surface area contributed by atoms with Crippen LogP contribution in [0.1, 0.15) is 18.4 Å². The number of fused-ring (bicyclic) bond motifs is 1. The number of carbonyl (C=O) groups is 1. The van der Waals surface area contributed by atoms with E-state index in [1.807, 2.05) is 24.3 Å². The predicted molar refractivity (Wildman–Crippen MR) is 90.8 cm³/mol. The van der Waals surface area contributed by atoms with Crippen molar-refractivity contribution < 1.29 is 4.79 Å². The fourth-order valence-electron chi connectivity index (χ4n) is 3.38. The van der Waals surface area contributed by atoms with Gasteiger partial charge in [0.05, 0.1) is 6.42 Å². The normalized spacial score (nSPS) is 24.9. The number of halogens is 2. The lowest BCUT2D eigenvalue weighted by Gasteiger charge is -2.21. The fraction of sp³-hybridized carbons (Fsp3) is 0.562. The van der Waals surface area contributed by atoms with Crippen LogP contribution in [0.2, 0.25) is 0 Å². The Morgan fingerprint density at radius 3 is 2.43 bits per heavy atom. The second kappa shape index (κ2) is 7.61. The van der Waals surface area contributed by atoms with Gasteiger partial charge in [0.15, 0.2) is 0 Å². The van der Waals surface area contributed by atoms with Gasteiger partial charge >= 0.3 is 0 Å². The van der Waals surface area contributed by atoms with Gasteiger partial charge in [-0.1, -0.05) is 34.1 Å². The molecule has 3 rings (SSSR count). The van der Waals surface area contributed by atoms with Crippen molar-refractivity contribution in [1.29, 1.82) is 0 Å². The lowest BCUT2D eigenvalue weighted by atomic mass is 9.92. The number of benzene rings is 1. The average molecular weight is 374 g/mol. The van der Waals surface area contributed by atoms with E-state index in [-0.39, 0.29) is 18.3 Å². The maximum atomic E-state index is 12.5. The van der Waals surface area contributed by atoms with E-state index in [9.17, 15) is 4.79 Å². The molecule has 5 heteroatoms. The van der Waals surface area contributed by atoms with Crippen molar-refractivity contribution in [3.63, 3.8) is 0 Å². The molecule has 0 unspecified atom stereocenters. The minimum absolute atomic E-state index is 0. The molecule has 21 heavy (non-hydrogen) atoms. The van der Waals surface area contributed by atoms with Crippen LogP contribution in [0.5, 0.6) is 0 Å². The molecule has 0 bridgehead atoms. The zero-order chi connectivity index (χ0) is 13.9. The summed E-state index contributed by atoms with van der Waals surface area (Å²) < 4.78 is 1.03. The highest BCUT2D eigenvalue weighted by atomic mass is 79.9. The van der Waals surface area contributed by atoms with Gasteiger partial charge in [0.25, 0.3) is 0 Å². The smallest absolute Gasteiger partial charge is 0.227 e. The standard InChI is InChI=1S/C16H21BrN2O.ClH/c17-15-4-2-1-3-12(15)9-16(20)19-7-5-13-10-18-11-14(13)6-8-19;/h1-4,13-14,18H,5-11H2;1H/t13-,14+;. The van der Waals surface area contributed by atoms with Gasteiger partial charge in [0, 0.05) is 17.6 Å². The van der Waals surface area contributed by atoms with Gasteiger partial charge in [-0.3, -0.25) is 4.79 Å². The number of hydrogen-bond acceptors (Lipinski definition) is 2. The summed E-state index contributed by atoms with van der Waals surface area (Å²) in [7, 11) is 0. The summed E-state index contributed by atoms with van der Waals surface area (Å²) in [5.41, 5.74) is 1.09. The van der Waals surface area contributed by atoms with Gasteiger partial charge < -0.3 is 10.2 Å². The molecule has 1 amide bonds. The molecule has 0 saturated carbocycles. The van der Waals surface area contributed by atoms with Crippen LogP contribution in [0.15, 0.2) is 28.7 Å². The summed E-state index contributed by atoms with van der Waals surface area (Å²) in [6, 6.07) is 8.00. The first-order valence-corrected chi connectivity index (χ1v) is 8.25. The first-order chi connectivity index (χ1) is 9.74. The molecule has 2 atom stereocenters. The molecular weight excluding hydrogens is 352 g/mol. The molecule has 0 aliphatic carbocycles. The largest absolute Gasteiger partial charge is 0.342 e.